The zero-order valence-electron chi connectivity index (χ0n) is 17.6. The Morgan fingerprint density at radius 1 is 1.25 bits per heavy atom. The van der Waals surface area contributed by atoms with Crippen LogP contribution in [0.4, 0.5) is 5.69 Å². The molecule has 2 amide bonds. The van der Waals surface area contributed by atoms with Crippen molar-refractivity contribution in [3.63, 3.8) is 0 Å². The average molecular weight is 386 g/mol. The van der Waals surface area contributed by atoms with Crippen molar-refractivity contribution in [2.45, 2.75) is 52.9 Å². The molecule has 5 nitrogen and oxygen atoms in total. The topological polar surface area (TPSA) is 61.4 Å². The molecular formula is C23H35N3O2. The average Bonchev–Trinajstić information content (AvgIpc) is 2.70. The lowest BCUT2D eigenvalue weighted by atomic mass is 9.85. The second kappa shape index (κ2) is 9.55. The molecule has 1 aromatic carbocycles. The van der Waals surface area contributed by atoms with Gasteiger partial charge in [-0.2, -0.15) is 0 Å². The molecule has 0 aromatic heterocycles. The third-order valence-electron chi connectivity index (χ3n) is 6.47. The minimum absolute atomic E-state index is 0.0604. The molecule has 0 aliphatic carbocycles. The number of aryl methyl sites for hydroxylation is 1. The summed E-state index contributed by atoms with van der Waals surface area (Å²) in [5.74, 6) is 1.81. The maximum absolute atomic E-state index is 12.7. The molecule has 2 aliphatic heterocycles. The van der Waals surface area contributed by atoms with Crippen molar-refractivity contribution in [2.75, 3.05) is 31.5 Å². The van der Waals surface area contributed by atoms with Crippen LogP contribution in [0.5, 0.6) is 0 Å². The second-order valence-corrected chi connectivity index (χ2v) is 8.84. The first-order valence-electron chi connectivity index (χ1n) is 10.8. The van der Waals surface area contributed by atoms with Gasteiger partial charge in [0.1, 0.15) is 0 Å². The van der Waals surface area contributed by atoms with Gasteiger partial charge in [0, 0.05) is 30.8 Å². The molecular weight excluding hydrogens is 350 g/mol. The molecule has 0 spiro atoms. The Morgan fingerprint density at radius 3 is 2.64 bits per heavy atom. The number of carbonyl (C=O) groups excluding carboxylic acids is 2. The number of hydrogen-bond acceptors (Lipinski definition) is 3. The highest BCUT2D eigenvalue weighted by molar-refractivity contribution is 5.96. The molecule has 2 fully saturated rings. The Bertz CT molecular complexity index is 689. The van der Waals surface area contributed by atoms with E-state index in [4.69, 9.17) is 0 Å². The van der Waals surface area contributed by atoms with Crippen LogP contribution < -0.4 is 10.6 Å². The van der Waals surface area contributed by atoms with Gasteiger partial charge in [0.15, 0.2) is 0 Å². The van der Waals surface area contributed by atoms with Gasteiger partial charge in [-0.05, 0) is 87.2 Å². The van der Waals surface area contributed by atoms with Crippen LogP contribution in [0.1, 0.15) is 61.9 Å². The summed E-state index contributed by atoms with van der Waals surface area (Å²) >= 11 is 0. The zero-order chi connectivity index (χ0) is 20.1. The molecule has 2 heterocycles. The Hall–Kier alpha value is -1.88. The molecule has 2 atom stereocenters. The number of piperidine rings is 2. The highest BCUT2D eigenvalue weighted by Crippen LogP contribution is 2.25. The maximum Gasteiger partial charge on any atom is 0.253 e. The molecule has 2 aliphatic rings. The van der Waals surface area contributed by atoms with E-state index in [1.807, 2.05) is 30.0 Å². The second-order valence-electron chi connectivity index (χ2n) is 8.84. The van der Waals surface area contributed by atoms with Crippen LogP contribution in [0.25, 0.3) is 0 Å². The van der Waals surface area contributed by atoms with Crippen molar-refractivity contribution in [1.82, 2.24) is 10.2 Å². The van der Waals surface area contributed by atoms with Crippen molar-refractivity contribution < 1.29 is 9.59 Å². The van der Waals surface area contributed by atoms with E-state index in [-0.39, 0.29) is 11.8 Å². The summed E-state index contributed by atoms with van der Waals surface area (Å²) in [6, 6.07) is 5.63. The van der Waals surface area contributed by atoms with Crippen LogP contribution in [0.15, 0.2) is 18.2 Å². The molecule has 2 saturated heterocycles. The summed E-state index contributed by atoms with van der Waals surface area (Å²) in [5.41, 5.74) is 2.46. The van der Waals surface area contributed by atoms with Crippen LogP contribution in [0.3, 0.4) is 0 Å². The van der Waals surface area contributed by atoms with Crippen molar-refractivity contribution in [3.05, 3.63) is 29.3 Å². The van der Waals surface area contributed by atoms with E-state index in [0.29, 0.717) is 29.7 Å². The number of rotatable bonds is 5. The van der Waals surface area contributed by atoms with Gasteiger partial charge in [-0.3, -0.25) is 9.59 Å². The summed E-state index contributed by atoms with van der Waals surface area (Å²) in [7, 11) is 0. The molecule has 28 heavy (non-hydrogen) atoms. The lowest BCUT2D eigenvalue weighted by molar-refractivity contribution is -0.117. The molecule has 0 bridgehead atoms. The number of anilines is 1. The standard InChI is InChI=1S/C23H35N3O2/c1-16-8-11-26(12-9-16)23(28)19-6-7-21(18(3)13-19)25-22(27)14-17(2)20-5-4-10-24-15-20/h6-7,13,16-17,20,24H,4-5,8-12,14-15H2,1-3H3,(H,25,27). The van der Waals surface area contributed by atoms with Crippen molar-refractivity contribution in [1.29, 1.82) is 0 Å². The SMILES string of the molecule is Cc1cc(C(=O)N2CCC(C)CC2)ccc1NC(=O)CC(C)C1CCCNC1. The Morgan fingerprint density at radius 2 is 2.00 bits per heavy atom. The van der Waals surface area contributed by atoms with E-state index < -0.39 is 0 Å². The Kier molecular flexibility index (Phi) is 7.11. The molecule has 0 radical (unpaired) electrons. The first-order chi connectivity index (χ1) is 13.4. The molecule has 1 aromatic rings. The molecule has 2 unspecified atom stereocenters. The third-order valence-corrected chi connectivity index (χ3v) is 6.47. The van der Waals surface area contributed by atoms with Gasteiger partial charge in [-0.15, -0.1) is 0 Å². The number of amides is 2. The van der Waals surface area contributed by atoms with Gasteiger partial charge in [-0.1, -0.05) is 13.8 Å². The van der Waals surface area contributed by atoms with E-state index in [2.05, 4.69) is 24.5 Å². The minimum atomic E-state index is 0.0604. The predicted octanol–water partition coefficient (Wildman–Crippen LogP) is 3.83. The summed E-state index contributed by atoms with van der Waals surface area (Å²) in [4.78, 5) is 27.2. The lowest BCUT2D eigenvalue weighted by Gasteiger charge is -2.30. The van der Waals surface area contributed by atoms with E-state index in [1.54, 1.807) is 0 Å². The number of carbonyl (C=O) groups is 2. The fraction of sp³-hybridized carbons (Fsp3) is 0.652. The van der Waals surface area contributed by atoms with Crippen LogP contribution >= 0.6 is 0 Å². The molecule has 5 heteroatoms. The first kappa shape index (κ1) is 20.8. The van der Waals surface area contributed by atoms with Gasteiger partial charge in [-0.25, -0.2) is 0 Å². The summed E-state index contributed by atoms with van der Waals surface area (Å²) < 4.78 is 0. The maximum atomic E-state index is 12.7. The number of nitrogens with one attached hydrogen (secondary N) is 2. The smallest absolute Gasteiger partial charge is 0.253 e. The van der Waals surface area contributed by atoms with Crippen LogP contribution in [-0.4, -0.2) is 42.9 Å². The zero-order valence-corrected chi connectivity index (χ0v) is 17.6. The summed E-state index contributed by atoms with van der Waals surface area (Å²) in [6.45, 7) is 10.2. The quantitative estimate of drug-likeness (QED) is 0.810. The largest absolute Gasteiger partial charge is 0.339 e. The first-order valence-corrected chi connectivity index (χ1v) is 10.8. The number of benzene rings is 1. The molecule has 0 saturated carbocycles. The molecule has 2 N–H and O–H groups in total. The number of hydrogen-bond donors (Lipinski definition) is 2. The fourth-order valence-electron chi connectivity index (χ4n) is 4.36. The third kappa shape index (κ3) is 5.34. The van der Waals surface area contributed by atoms with Crippen molar-refractivity contribution in [3.8, 4) is 0 Å². The summed E-state index contributed by atoms with van der Waals surface area (Å²) in [5, 5.41) is 6.47. The number of likely N-dealkylation sites (tertiary alicyclic amines) is 1. The monoisotopic (exact) mass is 385 g/mol. The van der Waals surface area contributed by atoms with Crippen LogP contribution in [-0.2, 0) is 4.79 Å². The van der Waals surface area contributed by atoms with E-state index in [1.165, 1.54) is 12.8 Å². The van der Waals surface area contributed by atoms with E-state index in [9.17, 15) is 9.59 Å². The molecule has 3 rings (SSSR count). The highest BCUT2D eigenvalue weighted by atomic mass is 16.2. The van der Waals surface area contributed by atoms with E-state index >= 15 is 0 Å². The Labute approximate surface area is 169 Å². The van der Waals surface area contributed by atoms with Gasteiger partial charge >= 0.3 is 0 Å². The van der Waals surface area contributed by atoms with Crippen LogP contribution in [0, 0.1) is 24.7 Å². The predicted molar refractivity (Wildman–Crippen MR) is 113 cm³/mol. The normalized spacial score (nSPS) is 22.0. The molecule has 154 valence electrons. The Balaban J connectivity index is 1.56. The number of nitrogens with zero attached hydrogens (tertiary/aromatic N) is 1. The lowest BCUT2D eigenvalue weighted by Crippen LogP contribution is -2.37. The van der Waals surface area contributed by atoms with Crippen LogP contribution in [0.2, 0.25) is 0 Å². The fourth-order valence-corrected chi connectivity index (χ4v) is 4.36. The van der Waals surface area contributed by atoms with Crippen molar-refractivity contribution >= 4 is 17.5 Å². The minimum Gasteiger partial charge on any atom is -0.339 e. The van der Waals surface area contributed by atoms with Gasteiger partial charge < -0.3 is 15.5 Å². The van der Waals surface area contributed by atoms with E-state index in [0.717, 1.165) is 50.3 Å². The summed E-state index contributed by atoms with van der Waals surface area (Å²) in [6.07, 6.45) is 5.09. The van der Waals surface area contributed by atoms with Gasteiger partial charge in [0.2, 0.25) is 5.91 Å². The van der Waals surface area contributed by atoms with Gasteiger partial charge in [0.05, 0.1) is 0 Å². The van der Waals surface area contributed by atoms with Crippen molar-refractivity contribution in [2.24, 2.45) is 17.8 Å². The van der Waals surface area contributed by atoms with Gasteiger partial charge in [0.25, 0.3) is 5.91 Å². The highest BCUT2D eigenvalue weighted by Gasteiger charge is 2.23.